The van der Waals surface area contributed by atoms with Crippen molar-refractivity contribution in [2.75, 3.05) is 7.05 Å². The van der Waals surface area contributed by atoms with Gasteiger partial charge in [0.1, 0.15) is 11.6 Å². The van der Waals surface area contributed by atoms with Crippen molar-refractivity contribution in [1.82, 2.24) is 5.32 Å². The number of nitrogens with one attached hydrogen (secondary N) is 1. The van der Waals surface area contributed by atoms with Crippen LogP contribution in [-0.4, -0.2) is 12.3 Å². The minimum atomic E-state index is -0.401. The van der Waals surface area contributed by atoms with Crippen molar-refractivity contribution in [1.29, 1.82) is 0 Å². The molecule has 3 rings (SSSR count). The van der Waals surface area contributed by atoms with Crippen molar-refractivity contribution in [2.45, 2.75) is 22.6 Å². The molecule has 0 spiro atoms. The zero-order valence-corrected chi connectivity index (χ0v) is 11.9. The molecule has 0 fully saturated rings. The topological polar surface area (TPSA) is 12.0 Å². The predicted octanol–water partition coefficient (Wildman–Crippen LogP) is 3.94. The molecular weight excluding hydrogens is 276 g/mol. The van der Waals surface area contributed by atoms with Crippen LogP contribution in [0.15, 0.2) is 47.4 Å². The highest BCUT2D eigenvalue weighted by molar-refractivity contribution is 8.00. The van der Waals surface area contributed by atoms with Gasteiger partial charge in [-0.15, -0.1) is 11.8 Å². The Morgan fingerprint density at radius 3 is 2.75 bits per heavy atom. The fraction of sp³-hybridized carbons (Fsp3) is 0.250. The number of hydrogen-bond donors (Lipinski definition) is 1. The maximum absolute atomic E-state index is 14.0. The second-order valence-electron chi connectivity index (χ2n) is 4.90. The lowest BCUT2D eigenvalue weighted by molar-refractivity contribution is 0.512. The minimum Gasteiger partial charge on any atom is -0.312 e. The van der Waals surface area contributed by atoms with Gasteiger partial charge in [-0.1, -0.05) is 18.2 Å². The summed E-state index contributed by atoms with van der Waals surface area (Å²) in [6, 6.07) is 11.6. The Kier molecular flexibility index (Phi) is 3.76. The van der Waals surface area contributed by atoms with Crippen LogP contribution in [0.25, 0.3) is 0 Å². The Labute approximate surface area is 121 Å². The molecule has 2 aromatic carbocycles. The third-order valence-electron chi connectivity index (χ3n) is 3.65. The van der Waals surface area contributed by atoms with Gasteiger partial charge in [0.2, 0.25) is 0 Å². The molecule has 0 saturated heterocycles. The summed E-state index contributed by atoms with van der Waals surface area (Å²) in [7, 11) is 1.79. The van der Waals surface area contributed by atoms with Crippen molar-refractivity contribution in [2.24, 2.45) is 0 Å². The van der Waals surface area contributed by atoms with E-state index >= 15 is 0 Å². The normalized spacial score (nSPS) is 18.9. The third kappa shape index (κ3) is 2.45. The highest BCUT2D eigenvalue weighted by Gasteiger charge is 2.31. The van der Waals surface area contributed by atoms with Crippen LogP contribution >= 0.6 is 11.8 Å². The van der Waals surface area contributed by atoms with Crippen molar-refractivity contribution in [3.63, 3.8) is 0 Å². The van der Waals surface area contributed by atoms with Crippen LogP contribution in [0.5, 0.6) is 0 Å². The van der Waals surface area contributed by atoms with E-state index in [9.17, 15) is 8.78 Å². The molecule has 1 heterocycles. The molecule has 0 amide bonds. The summed E-state index contributed by atoms with van der Waals surface area (Å²) < 4.78 is 27.4. The zero-order chi connectivity index (χ0) is 14.1. The van der Waals surface area contributed by atoms with Crippen LogP contribution in [0.4, 0.5) is 8.78 Å². The van der Waals surface area contributed by atoms with E-state index < -0.39 is 5.82 Å². The monoisotopic (exact) mass is 291 g/mol. The van der Waals surface area contributed by atoms with E-state index in [1.165, 1.54) is 22.6 Å². The van der Waals surface area contributed by atoms with Gasteiger partial charge in [-0.05, 0) is 43.3 Å². The molecule has 1 N–H and O–H groups in total. The zero-order valence-electron chi connectivity index (χ0n) is 11.1. The lowest BCUT2D eigenvalue weighted by Crippen LogP contribution is -2.28. The largest absolute Gasteiger partial charge is 0.312 e. The van der Waals surface area contributed by atoms with Crippen molar-refractivity contribution in [3.8, 4) is 0 Å². The van der Waals surface area contributed by atoms with Gasteiger partial charge in [0.15, 0.2) is 0 Å². The van der Waals surface area contributed by atoms with E-state index in [-0.39, 0.29) is 17.1 Å². The maximum atomic E-state index is 14.0. The van der Waals surface area contributed by atoms with Crippen LogP contribution in [-0.2, 0) is 6.42 Å². The molecule has 0 aliphatic carbocycles. The molecule has 20 heavy (non-hydrogen) atoms. The molecule has 4 heteroatoms. The molecular formula is C16H15F2NS. The van der Waals surface area contributed by atoms with E-state index in [0.29, 0.717) is 5.56 Å². The molecule has 1 aliphatic heterocycles. The lowest BCUT2D eigenvalue weighted by atomic mass is 9.98. The van der Waals surface area contributed by atoms with Gasteiger partial charge in [-0.25, -0.2) is 8.78 Å². The molecule has 2 atom stereocenters. The third-order valence-corrected chi connectivity index (χ3v) is 5.04. The van der Waals surface area contributed by atoms with Gasteiger partial charge >= 0.3 is 0 Å². The van der Waals surface area contributed by atoms with E-state index in [1.54, 1.807) is 18.8 Å². The predicted molar refractivity (Wildman–Crippen MR) is 77.9 cm³/mol. The van der Waals surface area contributed by atoms with E-state index in [0.717, 1.165) is 12.5 Å². The maximum Gasteiger partial charge on any atom is 0.128 e. The molecule has 2 unspecified atom stereocenters. The highest BCUT2D eigenvalue weighted by atomic mass is 32.2. The lowest BCUT2D eigenvalue weighted by Gasteiger charge is -2.23. The average Bonchev–Trinajstić information content (AvgIpc) is 2.87. The minimum absolute atomic E-state index is 0.175. The highest BCUT2D eigenvalue weighted by Crippen LogP contribution is 2.42. The Morgan fingerprint density at radius 2 is 2.00 bits per heavy atom. The second kappa shape index (κ2) is 5.54. The van der Waals surface area contributed by atoms with Gasteiger partial charge < -0.3 is 5.32 Å². The molecule has 1 aliphatic rings. The van der Waals surface area contributed by atoms with Crippen LogP contribution in [0.1, 0.15) is 17.2 Å². The Morgan fingerprint density at radius 1 is 1.20 bits per heavy atom. The Balaban J connectivity index is 1.91. The molecule has 0 aromatic heterocycles. The Bertz CT molecular complexity index is 605. The van der Waals surface area contributed by atoms with Gasteiger partial charge in [-0.2, -0.15) is 0 Å². The van der Waals surface area contributed by atoms with E-state index in [1.807, 2.05) is 12.1 Å². The van der Waals surface area contributed by atoms with Crippen molar-refractivity contribution >= 4 is 11.8 Å². The molecule has 0 bridgehead atoms. The summed E-state index contributed by atoms with van der Waals surface area (Å²) in [5.41, 5.74) is 1.68. The molecule has 0 radical (unpaired) electrons. The number of fused-ring (bicyclic) bond motifs is 1. The summed E-state index contributed by atoms with van der Waals surface area (Å²) in [5.74, 6) is -0.760. The number of hydrogen-bond acceptors (Lipinski definition) is 2. The van der Waals surface area contributed by atoms with Gasteiger partial charge in [0, 0.05) is 21.8 Å². The quantitative estimate of drug-likeness (QED) is 0.919. The smallest absolute Gasteiger partial charge is 0.128 e. The molecule has 0 saturated carbocycles. The average molecular weight is 291 g/mol. The fourth-order valence-electron chi connectivity index (χ4n) is 2.69. The van der Waals surface area contributed by atoms with Crippen LogP contribution in [0.3, 0.4) is 0 Å². The van der Waals surface area contributed by atoms with Gasteiger partial charge in [-0.3, -0.25) is 0 Å². The first-order chi connectivity index (χ1) is 9.69. The van der Waals surface area contributed by atoms with Crippen LogP contribution in [0.2, 0.25) is 0 Å². The van der Waals surface area contributed by atoms with Crippen LogP contribution < -0.4 is 5.32 Å². The summed E-state index contributed by atoms with van der Waals surface area (Å²) in [5, 5.41) is 3.31. The molecule has 104 valence electrons. The first-order valence-electron chi connectivity index (χ1n) is 6.56. The molecule has 1 nitrogen and oxygen atoms in total. The van der Waals surface area contributed by atoms with Crippen LogP contribution in [0, 0.1) is 11.6 Å². The SMILES string of the molecule is CNC(c1cc(F)ccc1F)C1Cc2ccccc2S1. The van der Waals surface area contributed by atoms with Crippen molar-refractivity contribution < 1.29 is 8.78 Å². The summed E-state index contributed by atoms with van der Waals surface area (Å²) in [6.07, 6.45) is 0.863. The first-order valence-corrected chi connectivity index (χ1v) is 7.44. The number of thioether (sulfide) groups is 1. The first kappa shape index (κ1) is 13.6. The number of halogens is 2. The summed E-state index contributed by atoms with van der Waals surface area (Å²) >= 11 is 1.73. The standard InChI is InChI=1S/C16H15F2NS/c1-19-16(12-9-11(17)6-7-13(12)18)15-8-10-4-2-3-5-14(10)20-15/h2-7,9,15-16,19H,8H2,1H3. The van der Waals surface area contributed by atoms with Gasteiger partial charge in [0.25, 0.3) is 0 Å². The Hall–Kier alpha value is -1.39. The number of rotatable bonds is 3. The van der Waals surface area contributed by atoms with E-state index in [2.05, 4.69) is 17.4 Å². The van der Waals surface area contributed by atoms with E-state index in [4.69, 9.17) is 0 Å². The van der Waals surface area contributed by atoms with Crippen molar-refractivity contribution in [3.05, 3.63) is 65.2 Å². The van der Waals surface area contributed by atoms with Gasteiger partial charge in [0.05, 0.1) is 0 Å². The number of benzene rings is 2. The summed E-state index contributed by atoms with van der Waals surface area (Å²) in [6.45, 7) is 0. The molecule has 2 aromatic rings. The second-order valence-corrected chi connectivity index (χ2v) is 6.18. The fourth-order valence-corrected chi connectivity index (χ4v) is 4.16. The summed E-state index contributed by atoms with van der Waals surface area (Å²) in [4.78, 5) is 1.23.